The molecular formula is C24H20F3N3O2. The van der Waals surface area contributed by atoms with Crippen LogP contribution in [-0.2, 0) is 6.54 Å². The Kier molecular flexibility index (Phi) is 5.22. The summed E-state index contributed by atoms with van der Waals surface area (Å²) in [6, 6.07) is 15.0. The Labute approximate surface area is 182 Å². The zero-order valence-electron chi connectivity index (χ0n) is 17.1. The highest BCUT2D eigenvalue weighted by Crippen LogP contribution is 2.35. The van der Waals surface area contributed by atoms with Crippen LogP contribution in [0.4, 0.5) is 18.9 Å². The molecule has 5 nitrogen and oxygen atoms in total. The van der Waals surface area contributed by atoms with Crippen LogP contribution in [0.2, 0.25) is 0 Å². The number of nitrogens with zero attached hydrogens (tertiary/aromatic N) is 3. The van der Waals surface area contributed by atoms with E-state index in [4.69, 9.17) is 4.52 Å². The maximum absolute atomic E-state index is 13.7. The highest BCUT2D eigenvalue weighted by atomic mass is 19.2. The summed E-state index contributed by atoms with van der Waals surface area (Å²) in [5, 5.41) is 14.9. The second-order valence-electron chi connectivity index (χ2n) is 7.82. The lowest BCUT2D eigenvalue weighted by Gasteiger charge is -2.36. The molecule has 164 valence electrons. The fourth-order valence-corrected chi connectivity index (χ4v) is 4.13. The van der Waals surface area contributed by atoms with E-state index in [0.29, 0.717) is 23.1 Å². The lowest BCUT2D eigenvalue weighted by atomic mass is 10.0. The summed E-state index contributed by atoms with van der Waals surface area (Å²) >= 11 is 0. The topological polar surface area (TPSA) is 52.7 Å². The van der Waals surface area contributed by atoms with Crippen LogP contribution < -0.4 is 4.90 Å². The minimum absolute atomic E-state index is 0.0576. The summed E-state index contributed by atoms with van der Waals surface area (Å²) in [4.78, 5) is 4.51. The largest absolute Gasteiger partial charge is 0.507 e. The van der Waals surface area contributed by atoms with Crippen molar-refractivity contribution in [2.45, 2.75) is 6.54 Å². The molecule has 1 aliphatic heterocycles. The number of hydrogen-bond acceptors (Lipinski definition) is 5. The molecular weight excluding hydrogens is 419 g/mol. The van der Waals surface area contributed by atoms with Gasteiger partial charge in [0.25, 0.3) is 0 Å². The third-order valence-electron chi connectivity index (χ3n) is 5.85. The number of fused-ring (bicyclic) bond motifs is 1. The van der Waals surface area contributed by atoms with Gasteiger partial charge < -0.3 is 14.5 Å². The Morgan fingerprint density at radius 1 is 0.906 bits per heavy atom. The zero-order valence-corrected chi connectivity index (χ0v) is 17.1. The minimum Gasteiger partial charge on any atom is -0.507 e. The standard InChI is InChI=1S/C24H20F3N3O2/c25-19-12-15(13-20(26)22(19)27)23-17-6-7-21(31)18(24(17)32-28-23)14-29-8-10-30(11-9-29)16-4-2-1-3-5-16/h1-7,12-13,31H,8-11,14H2. The lowest BCUT2D eigenvalue weighted by Crippen LogP contribution is -2.45. The quantitative estimate of drug-likeness (QED) is 0.457. The van der Waals surface area contributed by atoms with Crippen molar-refractivity contribution in [3.63, 3.8) is 0 Å². The molecule has 5 rings (SSSR count). The van der Waals surface area contributed by atoms with E-state index >= 15 is 0 Å². The number of aromatic nitrogens is 1. The van der Waals surface area contributed by atoms with Gasteiger partial charge in [-0.3, -0.25) is 4.90 Å². The number of anilines is 1. The Hall–Kier alpha value is -3.52. The van der Waals surface area contributed by atoms with E-state index < -0.39 is 17.5 Å². The van der Waals surface area contributed by atoms with E-state index in [1.165, 1.54) is 11.8 Å². The Morgan fingerprint density at radius 3 is 2.28 bits per heavy atom. The molecule has 1 saturated heterocycles. The number of para-hydroxylation sites is 1. The van der Waals surface area contributed by atoms with E-state index in [-0.39, 0.29) is 17.0 Å². The van der Waals surface area contributed by atoms with Crippen molar-refractivity contribution < 1.29 is 22.8 Å². The summed E-state index contributed by atoms with van der Waals surface area (Å²) in [5.41, 5.74) is 2.32. The van der Waals surface area contributed by atoms with Gasteiger partial charge in [-0.15, -0.1) is 0 Å². The van der Waals surface area contributed by atoms with Crippen LogP contribution in [0.5, 0.6) is 5.75 Å². The summed E-state index contributed by atoms with van der Waals surface area (Å²) in [6.45, 7) is 3.71. The Bertz CT molecular complexity index is 1250. The van der Waals surface area contributed by atoms with Crippen LogP contribution in [0, 0.1) is 17.5 Å². The molecule has 1 N–H and O–H groups in total. The van der Waals surface area contributed by atoms with E-state index in [1.54, 1.807) is 6.07 Å². The molecule has 0 atom stereocenters. The summed E-state index contributed by atoms with van der Waals surface area (Å²) in [6.07, 6.45) is 0. The van der Waals surface area contributed by atoms with Crippen molar-refractivity contribution in [2.75, 3.05) is 31.1 Å². The molecule has 3 aromatic carbocycles. The molecule has 0 saturated carbocycles. The molecule has 2 heterocycles. The molecule has 0 radical (unpaired) electrons. The van der Waals surface area contributed by atoms with E-state index in [2.05, 4.69) is 27.1 Å². The Balaban J connectivity index is 1.40. The maximum atomic E-state index is 13.7. The predicted molar refractivity (Wildman–Crippen MR) is 115 cm³/mol. The van der Waals surface area contributed by atoms with Crippen molar-refractivity contribution >= 4 is 16.7 Å². The molecule has 1 fully saturated rings. The van der Waals surface area contributed by atoms with Gasteiger partial charge in [0.2, 0.25) is 0 Å². The van der Waals surface area contributed by atoms with Crippen molar-refractivity contribution in [1.29, 1.82) is 0 Å². The normalized spacial score (nSPS) is 14.9. The van der Waals surface area contributed by atoms with Gasteiger partial charge in [0.15, 0.2) is 23.0 Å². The molecule has 1 aliphatic rings. The maximum Gasteiger partial charge on any atom is 0.194 e. The first-order valence-corrected chi connectivity index (χ1v) is 10.3. The van der Waals surface area contributed by atoms with Gasteiger partial charge in [0, 0.05) is 44.0 Å². The van der Waals surface area contributed by atoms with Gasteiger partial charge in [-0.2, -0.15) is 0 Å². The second kappa shape index (κ2) is 8.20. The second-order valence-corrected chi connectivity index (χ2v) is 7.82. The number of phenolic OH excluding ortho intramolecular Hbond substituents is 1. The van der Waals surface area contributed by atoms with Crippen LogP contribution in [0.3, 0.4) is 0 Å². The van der Waals surface area contributed by atoms with E-state index in [0.717, 1.165) is 38.3 Å². The molecule has 32 heavy (non-hydrogen) atoms. The number of aromatic hydroxyl groups is 1. The van der Waals surface area contributed by atoms with Crippen LogP contribution in [0.15, 0.2) is 59.1 Å². The molecule has 0 amide bonds. The highest BCUT2D eigenvalue weighted by Gasteiger charge is 2.23. The van der Waals surface area contributed by atoms with Gasteiger partial charge in [-0.05, 0) is 36.4 Å². The van der Waals surface area contributed by atoms with E-state index in [1.807, 2.05) is 18.2 Å². The number of halogens is 3. The van der Waals surface area contributed by atoms with Gasteiger partial charge in [0.1, 0.15) is 11.4 Å². The minimum atomic E-state index is -1.53. The van der Waals surface area contributed by atoms with Crippen LogP contribution in [0.25, 0.3) is 22.2 Å². The van der Waals surface area contributed by atoms with Crippen molar-refractivity contribution in [2.24, 2.45) is 0 Å². The van der Waals surface area contributed by atoms with Gasteiger partial charge in [0.05, 0.1) is 10.9 Å². The zero-order chi connectivity index (χ0) is 22.2. The number of phenols is 1. The van der Waals surface area contributed by atoms with Crippen molar-refractivity contribution in [3.8, 4) is 17.0 Å². The van der Waals surface area contributed by atoms with Crippen LogP contribution >= 0.6 is 0 Å². The summed E-state index contributed by atoms with van der Waals surface area (Å²) < 4.78 is 46.2. The third kappa shape index (κ3) is 3.67. The molecule has 0 spiro atoms. The molecule has 4 aromatic rings. The number of benzene rings is 3. The fraction of sp³-hybridized carbons (Fsp3) is 0.208. The highest BCUT2D eigenvalue weighted by molar-refractivity contribution is 5.94. The first-order valence-electron chi connectivity index (χ1n) is 10.3. The van der Waals surface area contributed by atoms with Gasteiger partial charge in [-0.1, -0.05) is 23.4 Å². The van der Waals surface area contributed by atoms with Crippen molar-refractivity contribution in [3.05, 3.63) is 77.6 Å². The fourth-order valence-electron chi connectivity index (χ4n) is 4.13. The average molecular weight is 439 g/mol. The first kappa shape index (κ1) is 20.4. The van der Waals surface area contributed by atoms with Gasteiger partial charge >= 0.3 is 0 Å². The molecule has 8 heteroatoms. The SMILES string of the molecule is Oc1ccc2c(-c3cc(F)c(F)c(F)c3)noc2c1CN1CCN(c2ccccc2)CC1. The predicted octanol–water partition coefficient (Wildman–Crippen LogP) is 4.94. The lowest BCUT2D eigenvalue weighted by molar-refractivity contribution is 0.246. The van der Waals surface area contributed by atoms with Crippen LogP contribution in [0.1, 0.15) is 5.56 Å². The molecule has 0 unspecified atom stereocenters. The average Bonchev–Trinajstić information content (AvgIpc) is 3.24. The van der Waals surface area contributed by atoms with E-state index in [9.17, 15) is 18.3 Å². The summed E-state index contributed by atoms with van der Waals surface area (Å²) in [7, 11) is 0. The first-order chi connectivity index (χ1) is 15.5. The molecule has 0 bridgehead atoms. The molecule has 1 aromatic heterocycles. The summed E-state index contributed by atoms with van der Waals surface area (Å²) in [5.74, 6) is -4.07. The smallest absolute Gasteiger partial charge is 0.194 e. The monoisotopic (exact) mass is 439 g/mol. The number of rotatable bonds is 4. The molecule has 0 aliphatic carbocycles. The third-order valence-corrected chi connectivity index (χ3v) is 5.85. The Morgan fingerprint density at radius 2 is 1.59 bits per heavy atom. The number of piperazine rings is 1. The van der Waals surface area contributed by atoms with Gasteiger partial charge in [-0.25, -0.2) is 13.2 Å². The van der Waals surface area contributed by atoms with Crippen molar-refractivity contribution in [1.82, 2.24) is 10.1 Å². The van der Waals surface area contributed by atoms with Crippen LogP contribution in [-0.4, -0.2) is 41.3 Å². The number of hydrogen-bond donors (Lipinski definition) is 1.